The van der Waals surface area contributed by atoms with Crippen LogP contribution in [0, 0.1) is 12.7 Å². The highest BCUT2D eigenvalue weighted by atomic mass is 19.1. The second kappa shape index (κ2) is 7.91. The fraction of sp³-hybridized carbons (Fsp3) is 0.684. The van der Waals surface area contributed by atoms with Crippen molar-refractivity contribution in [2.24, 2.45) is 0 Å². The van der Waals surface area contributed by atoms with Crippen LogP contribution in [0.15, 0.2) is 18.2 Å². The van der Waals surface area contributed by atoms with Gasteiger partial charge < -0.3 is 14.7 Å². The van der Waals surface area contributed by atoms with Crippen molar-refractivity contribution in [2.45, 2.75) is 44.9 Å². The highest BCUT2D eigenvalue weighted by molar-refractivity contribution is 5.28. The third kappa shape index (κ3) is 4.33. The van der Waals surface area contributed by atoms with Crippen LogP contribution in [0.1, 0.15) is 37.0 Å². The van der Waals surface area contributed by atoms with E-state index < -0.39 is 6.10 Å². The molecule has 2 unspecified atom stereocenters. The molecule has 2 atom stereocenters. The van der Waals surface area contributed by atoms with Gasteiger partial charge in [-0.3, -0.25) is 4.90 Å². The average molecular weight is 336 g/mol. The van der Waals surface area contributed by atoms with Crippen molar-refractivity contribution in [3.63, 3.8) is 0 Å². The molecule has 0 aliphatic carbocycles. The Morgan fingerprint density at radius 2 is 2.04 bits per heavy atom. The van der Waals surface area contributed by atoms with E-state index in [2.05, 4.69) is 16.7 Å². The standard InChI is InChI=1S/C19H29FN2O2/c1-14-11-16(20)3-4-18(14)19(23)13-21-7-5-17(6-8-21)22-9-10-24-15(2)12-22/h3-4,11,15,17,19,23H,5-10,12-13H2,1-2H3. The summed E-state index contributed by atoms with van der Waals surface area (Å²) in [5, 5.41) is 10.5. The van der Waals surface area contributed by atoms with Crippen molar-refractivity contribution in [2.75, 3.05) is 39.3 Å². The van der Waals surface area contributed by atoms with Gasteiger partial charge in [0.25, 0.3) is 0 Å². The van der Waals surface area contributed by atoms with Gasteiger partial charge in [0.05, 0.1) is 18.8 Å². The molecule has 3 rings (SSSR count). The van der Waals surface area contributed by atoms with Gasteiger partial charge in [-0.25, -0.2) is 4.39 Å². The molecule has 5 heteroatoms. The van der Waals surface area contributed by atoms with E-state index in [-0.39, 0.29) is 5.82 Å². The Bertz CT molecular complexity index is 546. The van der Waals surface area contributed by atoms with Gasteiger partial charge in [0, 0.05) is 25.7 Å². The number of rotatable bonds is 4. The Balaban J connectivity index is 1.49. The van der Waals surface area contributed by atoms with E-state index in [0.29, 0.717) is 18.7 Å². The van der Waals surface area contributed by atoms with Crippen LogP contribution < -0.4 is 0 Å². The smallest absolute Gasteiger partial charge is 0.123 e. The van der Waals surface area contributed by atoms with Crippen molar-refractivity contribution < 1.29 is 14.2 Å². The fourth-order valence-electron chi connectivity index (χ4n) is 4.00. The molecule has 0 radical (unpaired) electrons. The summed E-state index contributed by atoms with van der Waals surface area (Å²) in [5.41, 5.74) is 1.65. The Hall–Kier alpha value is -1.01. The minimum atomic E-state index is -0.550. The minimum Gasteiger partial charge on any atom is -0.387 e. The van der Waals surface area contributed by atoms with Gasteiger partial charge in [0.15, 0.2) is 0 Å². The maximum Gasteiger partial charge on any atom is 0.123 e. The van der Waals surface area contributed by atoms with Crippen molar-refractivity contribution in [1.82, 2.24) is 9.80 Å². The first-order chi connectivity index (χ1) is 11.5. The summed E-state index contributed by atoms with van der Waals surface area (Å²) >= 11 is 0. The number of halogens is 1. The zero-order valence-corrected chi connectivity index (χ0v) is 14.7. The first kappa shape index (κ1) is 17.8. The molecule has 4 nitrogen and oxygen atoms in total. The second-order valence-corrected chi connectivity index (χ2v) is 7.22. The van der Waals surface area contributed by atoms with Crippen LogP contribution in [-0.4, -0.2) is 66.4 Å². The van der Waals surface area contributed by atoms with Crippen LogP contribution in [0.2, 0.25) is 0 Å². The van der Waals surface area contributed by atoms with Gasteiger partial charge >= 0.3 is 0 Å². The lowest BCUT2D eigenvalue weighted by Crippen LogP contribution is -2.51. The molecule has 2 aliphatic rings. The molecule has 2 heterocycles. The lowest BCUT2D eigenvalue weighted by Gasteiger charge is -2.42. The van der Waals surface area contributed by atoms with Crippen LogP contribution in [0.5, 0.6) is 0 Å². The summed E-state index contributed by atoms with van der Waals surface area (Å²) in [5.74, 6) is -0.246. The zero-order valence-electron chi connectivity index (χ0n) is 14.7. The predicted octanol–water partition coefficient (Wildman–Crippen LogP) is 2.35. The number of ether oxygens (including phenoxy) is 1. The molecule has 2 aliphatic heterocycles. The van der Waals surface area contributed by atoms with E-state index in [0.717, 1.165) is 56.8 Å². The molecular weight excluding hydrogens is 307 g/mol. The molecule has 1 aromatic rings. The summed E-state index contributed by atoms with van der Waals surface area (Å²) in [6, 6.07) is 5.26. The number of nitrogens with zero attached hydrogens (tertiary/aromatic N) is 2. The van der Waals surface area contributed by atoms with Gasteiger partial charge in [-0.2, -0.15) is 0 Å². The quantitative estimate of drug-likeness (QED) is 0.916. The maximum absolute atomic E-state index is 13.2. The van der Waals surface area contributed by atoms with E-state index in [1.165, 1.54) is 12.1 Å². The summed E-state index contributed by atoms with van der Waals surface area (Å²) in [7, 11) is 0. The second-order valence-electron chi connectivity index (χ2n) is 7.22. The number of piperidine rings is 1. The molecule has 134 valence electrons. The Morgan fingerprint density at radius 3 is 2.71 bits per heavy atom. The minimum absolute atomic E-state index is 0.246. The van der Waals surface area contributed by atoms with E-state index in [4.69, 9.17) is 4.74 Å². The molecule has 0 saturated carbocycles. The van der Waals surface area contributed by atoms with E-state index in [9.17, 15) is 9.50 Å². The van der Waals surface area contributed by atoms with Crippen molar-refractivity contribution in [3.05, 3.63) is 35.1 Å². The molecule has 0 bridgehead atoms. The first-order valence-corrected chi connectivity index (χ1v) is 9.05. The number of aliphatic hydroxyl groups is 1. The number of aliphatic hydroxyl groups excluding tert-OH is 1. The van der Waals surface area contributed by atoms with Crippen LogP contribution >= 0.6 is 0 Å². The molecule has 2 saturated heterocycles. The molecule has 0 spiro atoms. The fourth-order valence-corrected chi connectivity index (χ4v) is 4.00. The molecule has 0 aromatic heterocycles. The average Bonchev–Trinajstić information content (AvgIpc) is 2.55. The number of benzene rings is 1. The van der Waals surface area contributed by atoms with Gasteiger partial charge in [-0.1, -0.05) is 6.07 Å². The van der Waals surface area contributed by atoms with E-state index >= 15 is 0 Å². The molecule has 2 fully saturated rings. The highest BCUT2D eigenvalue weighted by Crippen LogP contribution is 2.23. The molecular formula is C19H29FN2O2. The topological polar surface area (TPSA) is 35.9 Å². The van der Waals surface area contributed by atoms with Crippen LogP contribution in [0.4, 0.5) is 4.39 Å². The third-order valence-corrected chi connectivity index (χ3v) is 5.37. The van der Waals surface area contributed by atoms with Gasteiger partial charge in [0.2, 0.25) is 0 Å². The normalized spacial score (nSPS) is 25.8. The third-order valence-electron chi connectivity index (χ3n) is 5.37. The highest BCUT2D eigenvalue weighted by Gasteiger charge is 2.28. The molecule has 0 amide bonds. The maximum atomic E-state index is 13.2. The summed E-state index contributed by atoms with van der Waals surface area (Å²) in [6.07, 6.45) is 2.06. The van der Waals surface area contributed by atoms with Crippen molar-refractivity contribution in [3.8, 4) is 0 Å². The van der Waals surface area contributed by atoms with Gasteiger partial charge in [-0.15, -0.1) is 0 Å². The first-order valence-electron chi connectivity index (χ1n) is 9.05. The van der Waals surface area contributed by atoms with Gasteiger partial charge in [0.1, 0.15) is 5.82 Å². The Morgan fingerprint density at radius 1 is 1.29 bits per heavy atom. The number of β-amino-alcohol motifs (C(OH)–C–C–N with tert-alkyl or cyclic N) is 1. The number of aryl methyl sites for hydroxylation is 1. The lowest BCUT2D eigenvalue weighted by molar-refractivity contribution is -0.0449. The Kier molecular flexibility index (Phi) is 5.87. The van der Waals surface area contributed by atoms with Crippen molar-refractivity contribution in [1.29, 1.82) is 0 Å². The largest absolute Gasteiger partial charge is 0.387 e. The van der Waals surface area contributed by atoms with Crippen LogP contribution in [0.3, 0.4) is 0 Å². The lowest BCUT2D eigenvalue weighted by atomic mass is 9.99. The predicted molar refractivity (Wildman–Crippen MR) is 92.5 cm³/mol. The monoisotopic (exact) mass is 336 g/mol. The number of likely N-dealkylation sites (tertiary alicyclic amines) is 1. The van der Waals surface area contributed by atoms with E-state index in [1.54, 1.807) is 6.07 Å². The number of morpholine rings is 1. The molecule has 1 aromatic carbocycles. The summed E-state index contributed by atoms with van der Waals surface area (Å²) < 4.78 is 18.8. The number of hydrogen-bond acceptors (Lipinski definition) is 4. The van der Waals surface area contributed by atoms with E-state index in [1.807, 2.05) is 6.92 Å². The summed E-state index contributed by atoms with van der Waals surface area (Å²) in [4.78, 5) is 4.89. The molecule has 1 N–H and O–H groups in total. The van der Waals surface area contributed by atoms with Crippen molar-refractivity contribution >= 4 is 0 Å². The SMILES string of the molecule is Cc1cc(F)ccc1C(O)CN1CCC(N2CCOC(C)C2)CC1. The Labute approximate surface area is 144 Å². The number of hydrogen-bond donors (Lipinski definition) is 1. The van der Waals surface area contributed by atoms with Crippen LogP contribution in [0.25, 0.3) is 0 Å². The summed E-state index contributed by atoms with van der Waals surface area (Å²) in [6.45, 7) is 9.54. The molecule has 24 heavy (non-hydrogen) atoms. The zero-order chi connectivity index (χ0) is 17.1. The van der Waals surface area contributed by atoms with Crippen LogP contribution in [-0.2, 0) is 4.74 Å². The van der Waals surface area contributed by atoms with Gasteiger partial charge in [-0.05, 0) is 63.0 Å².